The second-order valence-electron chi connectivity index (χ2n) is 2.67. The van der Waals surface area contributed by atoms with Crippen LogP contribution in [0.5, 0.6) is 5.88 Å². The molecule has 0 aliphatic carbocycles. The Morgan fingerprint density at radius 2 is 2.43 bits per heavy atom. The molecule has 1 aromatic rings. The van der Waals surface area contributed by atoms with Gasteiger partial charge in [0.05, 0.1) is 19.0 Å². The summed E-state index contributed by atoms with van der Waals surface area (Å²) in [6.45, 7) is 4.23. The Balaban J connectivity index is 2.38. The highest BCUT2D eigenvalue weighted by atomic mass is 16.5. The van der Waals surface area contributed by atoms with Crippen molar-refractivity contribution in [3.05, 3.63) is 25.0 Å². The second-order valence-corrected chi connectivity index (χ2v) is 2.67. The van der Waals surface area contributed by atoms with E-state index in [0.29, 0.717) is 18.3 Å². The summed E-state index contributed by atoms with van der Waals surface area (Å²) >= 11 is 0. The van der Waals surface area contributed by atoms with Crippen LogP contribution in [0.2, 0.25) is 0 Å². The molecule has 1 aromatic heterocycles. The highest BCUT2D eigenvalue weighted by Gasteiger charge is 1.97. The van der Waals surface area contributed by atoms with Crippen molar-refractivity contribution in [2.45, 2.75) is 12.8 Å². The number of hydrazine groups is 1. The molecule has 0 amide bonds. The third kappa shape index (κ3) is 3.40. The van der Waals surface area contributed by atoms with Gasteiger partial charge in [-0.15, -0.1) is 6.58 Å². The summed E-state index contributed by atoms with van der Waals surface area (Å²) in [5, 5.41) is 0. The topological polar surface area (TPSA) is 73.1 Å². The zero-order valence-electron chi connectivity index (χ0n) is 7.94. The van der Waals surface area contributed by atoms with Crippen molar-refractivity contribution in [3.8, 4) is 5.88 Å². The molecule has 0 bridgehead atoms. The summed E-state index contributed by atoms with van der Waals surface area (Å²) < 4.78 is 5.33. The summed E-state index contributed by atoms with van der Waals surface area (Å²) in [6.07, 6.45) is 6.78. The van der Waals surface area contributed by atoms with Gasteiger partial charge in [-0.05, 0) is 12.8 Å². The van der Waals surface area contributed by atoms with E-state index >= 15 is 0 Å². The molecule has 5 heteroatoms. The Kier molecular flexibility index (Phi) is 4.43. The quantitative estimate of drug-likeness (QED) is 0.307. The third-order valence-electron chi connectivity index (χ3n) is 1.56. The first kappa shape index (κ1) is 10.5. The highest BCUT2D eigenvalue weighted by molar-refractivity contribution is 5.31. The number of aromatic nitrogens is 2. The largest absolute Gasteiger partial charge is 0.477 e. The maximum absolute atomic E-state index is 5.33. The molecule has 0 aliphatic rings. The molecule has 0 aliphatic heterocycles. The lowest BCUT2D eigenvalue weighted by molar-refractivity contribution is 0.299. The van der Waals surface area contributed by atoms with Gasteiger partial charge in [-0.2, -0.15) is 4.98 Å². The zero-order valence-corrected chi connectivity index (χ0v) is 7.94. The number of anilines is 1. The predicted molar refractivity (Wildman–Crippen MR) is 54.8 cm³/mol. The molecule has 0 saturated heterocycles. The number of allylic oxidation sites excluding steroid dienone is 1. The second kappa shape index (κ2) is 5.93. The van der Waals surface area contributed by atoms with Gasteiger partial charge in [0.2, 0.25) is 5.88 Å². The van der Waals surface area contributed by atoms with E-state index in [1.807, 2.05) is 6.08 Å². The lowest BCUT2D eigenvalue weighted by Gasteiger charge is -2.04. The van der Waals surface area contributed by atoms with Crippen LogP contribution in [0.15, 0.2) is 25.0 Å². The monoisotopic (exact) mass is 194 g/mol. The van der Waals surface area contributed by atoms with Gasteiger partial charge in [0.25, 0.3) is 0 Å². The van der Waals surface area contributed by atoms with Gasteiger partial charge < -0.3 is 10.2 Å². The Labute approximate surface area is 83.0 Å². The molecule has 0 saturated carbocycles. The molecule has 0 radical (unpaired) electrons. The number of nitrogens with two attached hydrogens (primary N) is 1. The van der Waals surface area contributed by atoms with Gasteiger partial charge in [-0.1, -0.05) is 6.08 Å². The van der Waals surface area contributed by atoms with Crippen LogP contribution in [0.25, 0.3) is 0 Å². The Morgan fingerprint density at radius 1 is 1.57 bits per heavy atom. The summed E-state index contributed by atoms with van der Waals surface area (Å²) in [5.41, 5.74) is 2.40. The number of hydrogen-bond acceptors (Lipinski definition) is 5. The summed E-state index contributed by atoms with van der Waals surface area (Å²) in [5.74, 6) is 6.14. The number of rotatable bonds is 6. The number of nitrogen functional groups attached to an aromatic ring is 1. The number of ether oxygens (including phenoxy) is 1. The highest BCUT2D eigenvalue weighted by Crippen LogP contribution is 2.08. The third-order valence-corrected chi connectivity index (χ3v) is 1.56. The minimum absolute atomic E-state index is 0.476. The van der Waals surface area contributed by atoms with Crippen LogP contribution < -0.4 is 16.0 Å². The van der Waals surface area contributed by atoms with Crippen LogP contribution in [0.1, 0.15) is 12.8 Å². The Hall–Kier alpha value is -1.62. The molecule has 5 nitrogen and oxygen atoms in total. The van der Waals surface area contributed by atoms with Crippen molar-refractivity contribution in [2.24, 2.45) is 5.84 Å². The van der Waals surface area contributed by atoms with Crippen molar-refractivity contribution >= 4 is 5.82 Å². The van der Waals surface area contributed by atoms with Crippen molar-refractivity contribution in [1.29, 1.82) is 0 Å². The number of hydrogen-bond donors (Lipinski definition) is 2. The van der Waals surface area contributed by atoms with E-state index in [-0.39, 0.29) is 0 Å². The van der Waals surface area contributed by atoms with Crippen molar-refractivity contribution < 1.29 is 4.74 Å². The summed E-state index contributed by atoms with van der Waals surface area (Å²) in [6, 6.07) is 0. The fourth-order valence-electron chi connectivity index (χ4n) is 0.892. The van der Waals surface area contributed by atoms with Crippen LogP contribution >= 0.6 is 0 Å². The normalized spacial score (nSPS) is 9.50. The van der Waals surface area contributed by atoms with E-state index in [4.69, 9.17) is 10.6 Å². The standard InChI is InChI=1S/C9H14N4O/c1-2-3-4-5-14-9-7-11-6-8(12-9)13-10/h2,6-7H,1,3-5,10H2,(H,12,13). The van der Waals surface area contributed by atoms with Gasteiger partial charge in [-0.3, -0.25) is 4.98 Å². The molecule has 0 atom stereocenters. The average Bonchev–Trinajstić information content (AvgIpc) is 2.25. The van der Waals surface area contributed by atoms with E-state index in [9.17, 15) is 0 Å². The van der Waals surface area contributed by atoms with Gasteiger partial charge in [-0.25, -0.2) is 5.84 Å². The molecule has 76 valence electrons. The molecular weight excluding hydrogens is 180 g/mol. The van der Waals surface area contributed by atoms with E-state index in [0.717, 1.165) is 12.8 Å². The fraction of sp³-hybridized carbons (Fsp3) is 0.333. The molecule has 1 rings (SSSR count). The molecule has 0 spiro atoms. The smallest absolute Gasteiger partial charge is 0.234 e. The number of nitrogens with one attached hydrogen (secondary N) is 1. The van der Waals surface area contributed by atoms with Crippen molar-refractivity contribution in [1.82, 2.24) is 9.97 Å². The Morgan fingerprint density at radius 3 is 3.14 bits per heavy atom. The predicted octanol–water partition coefficient (Wildman–Crippen LogP) is 1.11. The first-order chi connectivity index (χ1) is 6.86. The molecule has 1 heterocycles. The van der Waals surface area contributed by atoms with Gasteiger partial charge >= 0.3 is 0 Å². The average molecular weight is 194 g/mol. The molecule has 0 unspecified atom stereocenters. The summed E-state index contributed by atoms with van der Waals surface area (Å²) in [7, 11) is 0. The van der Waals surface area contributed by atoms with Crippen LogP contribution in [0.3, 0.4) is 0 Å². The van der Waals surface area contributed by atoms with Crippen molar-refractivity contribution in [2.75, 3.05) is 12.0 Å². The molecule has 0 fully saturated rings. The van der Waals surface area contributed by atoms with Crippen molar-refractivity contribution in [3.63, 3.8) is 0 Å². The SMILES string of the molecule is C=CCCCOc1cncc(NN)n1. The molecular formula is C9H14N4O. The van der Waals surface area contributed by atoms with Crippen LogP contribution in [-0.4, -0.2) is 16.6 Å². The number of nitrogens with zero attached hydrogens (tertiary/aromatic N) is 2. The maximum atomic E-state index is 5.33. The van der Waals surface area contributed by atoms with Crippen LogP contribution in [0, 0.1) is 0 Å². The van der Waals surface area contributed by atoms with Crippen LogP contribution in [-0.2, 0) is 0 Å². The zero-order chi connectivity index (χ0) is 10.2. The lowest BCUT2D eigenvalue weighted by atomic mass is 10.3. The number of unbranched alkanes of at least 4 members (excludes halogenated alkanes) is 1. The molecule has 0 aromatic carbocycles. The van der Waals surface area contributed by atoms with E-state index in [2.05, 4.69) is 22.0 Å². The minimum Gasteiger partial charge on any atom is -0.477 e. The first-order valence-electron chi connectivity index (χ1n) is 4.39. The molecule has 3 N–H and O–H groups in total. The minimum atomic E-state index is 0.476. The maximum Gasteiger partial charge on any atom is 0.234 e. The van der Waals surface area contributed by atoms with E-state index in [1.165, 1.54) is 6.20 Å². The summed E-state index contributed by atoms with van der Waals surface area (Å²) in [4.78, 5) is 7.95. The Bertz CT molecular complexity index is 290. The first-order valence-corrected chi connectivity index (χ1v) is 4.39. The van der Waals surface area contributed by atoms with Gasteiger partial charge in [0.1, 0.15) is 0 Å². The van der Waals surface area contributed by atoms with Gasteiger partial charge in [0, 0.05) is 0 Å². The van der Waals surface area contributed by atoms with E-state index in [1.54, 1.807) is 6.20 Å². The van der Waals surface area contributed by atoms with Gasteiger partial charge in [0.15, 0.2) is 5.82 Å². The molecule has 14 heavy (non-hydrogen) atoms. The van der Waals surface area contributed by atoms with Crippen LogP contribution in [0.4, 0.5) is 5.82 Å². The lowest BCUT2D eigenvalue weighted by Crippen LogP contribution is -2.09. The van der Waals surface area contributed by atoms with E-state index < -0.39 is 0 Å². The fourth-order valence-corrected chi connectivity index (χ4v) is 0.892.